The molecule has 0 radical (unpaired) electrons. The number of hydrogen-bond acceptors (Lipinski definition) is 1. The highest BCUT2D eigenvalue weighted by Gasteiger charge is 2.62. The second kappa shape index (κ2) is 2.50. The van der Waals surface area contributed by atoms with Gasteiger partial charge in [0.05, 0.1) is 0 Å². The van der Waals surface area contributed by atoms with Crippen LogP contribution >= 0.6 is 0 Å². The number of likely N-dealkylation sites (tertiary alicyclic amines) is 1. The molecule has 3 rings (SSSR count). The molecule has 0 N–H and O–H groups in total. The first-order valence-corrected chi connectivity index (χ1v) is 5.92. The van der Waals surface area contributed by atoms with Gasteiger partial charge in [-0.3, -0.25) is 0 Å². The van der Waals surface area contributed by atoms with Gasteiger partial charge in [0.1, 0.15) is 0 Å². The fourth-order valence-electron chi connectivity index (χ4n) is 3.54. The first-order chi connectivity index (χ1) is 6.20. The molecule has 3 unspecified atom stereocenters. The van der Waals surface area contributed by atoms with E-state index in [-0.39, 0.29) is 0 Å². The minimum atomic E-state index is 0.726. The first kappa shape index (κ1) is 8.28. The Kier molecular flexibility index (Phi) is 1.59. The maximum atomic E-state index is 2.73. The lowest BCUT2D eigenvalue weighted by atomic mass is 9.85. The van der Waals surface area contributed by atoms with Gasteiger partial charge in [0.15, 0.2) is 0 Å². The molecule has 1 saturated heterocycles. The minimum Gasteiger partial charge on any atom is -0.302 e. The van der Waals surface area contributed by atoms with Crippen molar-refractivity contribution in [3.63, 3.8) is 0 Å². The Labute approximate surface area is 81.5 Å². The summed E-state index contributed by atoms with van der Waals surface area (Å²) in [6.07, 6.45) is 4.51. The predicted octanol–water partition coefficient (Wildman–Crippen LogP) is 2.37. The van der Waals surface area contributed by atoms with Crippen LogP contribution in [0, 0.1) is 23.2 Å². The van der Waals surface area contributed by atoms with E-state index in [4.69, 9.17) is 0 Å². The Morgan fingerprint density at radius 2 is 2.15 bits per heavy atom. The number of piperidine rings is 1. The zero-order chi connectivity index (χ0) is 9.05. The summed E-state index contributed by atoms with van der Waals surface area (Å²) in [6, 6.07) is 0. The van der Waals surface area contributed by atoms with E-state index >= 15 is 0 Å². The van der Waals surface area contributed by atoms with Crippen LogP contribution in [0.2, 0.25) is 0 Å². The molecular weight excluding hydrogens is 158 g/mol. The Hall–Kier alpha value is -0.0400. The van der Waals surface area contributed by atoms with Crippen LogP contribution in [0.3, 0.4) is 0 Å². The Balaban J connectivity index is 1.54. The van der Waals surface area contributed by atoms with Crippen LogP contribution in [0.15, 0.2) is 0 Å². The second-order valence-corrected chi connectivity index (χ2v) is 5.89. The third kappa shape index (κ3) is 1.09. The Morgan fingerprint density at radius 3 is 2.62 bits per heavy atom. The summed E-state index contributed by atoms with van der Waals surface area (Å²) in [7, 11) is 0. The summed E-state index contributed by atoms with van der Waals surface area (Å²) >= 11 is 0. The van der Waals surface area contributed by atoms with Gasteiger partial charge < -0.3 is 4.90 Å². The molecule has 74 valence electrons. The molecule has 2 aliphatic carbocycles. The molecule has 0 amide bonds. The van der Waals surface area contributed by atoms with Crippen LogP contribution in [0.1, 0.15) is 33.1 Å². The molecule has 1 heterocycles. The molecule has 0 aromatic carbocycles. The van der Waals surface area contributed by atoms with Crippen molar-refractivity contribution in [3.8, 4) is 0 Å². The van der Waals surface area contributed by atoms with Crippen LogP contribution in [-0.4, -0.2) is 24.5 Å². The van der Waals surface area contributed by atoms with Gasteiger partial charge in [-0.1, -0.05) is 20.3 Å². The summed E-state index contributed by atoms with van der Waals surface area (Å²) in [5, 5.41) is 0. The van der Waals surface area contributed by atoms with Crippen molar-refractivity contribution in [1.82, 2.24) is 4.90 Å². The normalized spacial score (nSPS) is 50.3. The monoisotopic (exact) mass is 179 g/mol. The molecule has 3 atom stereocenters. The smallest absolute Gasteiger partial charge is 0.00415 e. The van der Waals surface area contributed by atoms with Crippen LogP contribution in [0.5, 0.6) is 0 Å². The van der Waals surface area contributed by atoms with E-state index in [0.29, 0.717) is 0 Å². The van der Waals surface area contributed by atoms with Gasteiger partial charge >= 0.3 is 0 Å². The zero-order valence-corrected chi connectivity index (χ0v) is 8.92. The third-order valence-electron chi connectivity index (χ3n) is 5.14. The largest absolute Gasteiger partial charge is 0.302 e. The molecule has 0 aromatic heterocycles. The van der Waals surface area contributed by atoms with Crippen molar-refractivity contribution in [2.24, 2.45) is 23.2 Å². The minimum absolute atomic E-state index is 0.726. The number of nitrogens with zero attached hydrogens (tertiary/aromatic N) is 1. The van der Waals surface area contributed by atoms with Crippen LogP contribution in [-0.2, 0) is 0 Å². The Bertz CT molecular complexity index is 219. The van der Waals surface area contributed by atoms with Gasteiger partial charge in [0.25, 0.3) is 0 Å². The van der Waals surface area contributed by atoms with Gasteiger partial charge in [-0.2, -0.15) is 0 Å². The van der Waals surface area contributed by atoms with Crippen LogP contribution in [0.4, 0.5) is 0 Å². The topological polar surface area (TPSA) is 3.24 Å². The third-order valence-corrected chi connectivity index (χ3v) is 5.14. The van der Waals surface area contributed by atoms with Crippen molar-refractivity contribution in [3.05, 3.63) is 0 Å². The molecule has 1 aliphatic heterocycles. The number of hydrogen-bond donors (Lipinski definition) is 0. The number of fused-ring (bicyclic) bond motifs is 1. The SMILES string of the molecule is CC1C2CN(CC3CCC3)CC12C. The fraction of sp³-hybridized carbons (Fsp3) is 1.00. The molecule has 1 heteroatoms. The molecular formula is C12H21N. The Morgan fingerprint density at radius 1 is 1.38 bits per heavy atom. The standard InChI is InChI=1S/C12H21N/c1-9-11-7-13(8-12(9,11)2)6-10-4-3-5-10/h9-11H,3-8H2,1-2H3. The lowest BCUT2D eigenvalue weighted by Gasteiger charge is -2.31. The molecule has 0 spiro atoms. The number of rotatable bonds is 2. The molecule has 3 aliphatic rings. The van der Waals surface area contributed by atoms with Gasteiger partial charge in [0.2, 0.25) is 0 Å². The maximum absolute atomic E-state index is 2.73. The van der Waals surface area contributed by atoms with E-state index in [1.54, 1.807) is 0 Å². The second-order valence-electron chi connectivity index (χ2n) is 5.89. The van der Waals surface area contributed by atoms with E-state index in [1.165, 1.54) is 38.9 Å². The summed E-state index contributed by atoms with van der Waals surface area (Å²) in [4.78, 5) is 2.73. The summed E-state index contributed by atoms with van der Waals surface area (Å²) < 4.78 is 0. The average molecular weight is 179 g/mol. The van der Waals surface area contributed by atoms with Gasteiger partial charge in [0, 0.05) is 19.6 Å². The molecule has 0 aromatic rings. The highest BCUT2D eigenvalue weighted by molar-refractivity contribution is 5.12. The van der Waals surface area contributed by atoms with Crippen LogP contribution in [0.25, 0.3) is 0 Å². The lowest BCUT2D eigenvalue weighted by Crippen LogP contribution is -2.33. The predicted molar refractivity (Wildman–Crippen MR) is 54.5 cm³/mol. The summed E-state index contributed by atoms with van der Waals surface area (Å²) in [5.41, 5.74) is 0.726. The highest BCUT2D eigenvalue weighted by Crippen LogP contribution is 2.62. The van der Waals surface area contributed by atoms with Crippen molar-refractivity contribution in [2.45, 2.75) is 33.1 Å². The first-order valence-electron chi connectivity index (χ1n) is 5.92. The molecule has 0 bridgehead atoms. The summed E-state index contributed by atoms with van der Waals surface area (Å²) in [5.74, 6) is 3.13. The van der Waals surface area contributed by atoms with Gasteiger partial charge in [-0.25, -0.2) is 0 Å². The van der Waals surface area contributed by atoms with Crippen molar-refractivity contribution < 1.29 is 0 Å². The zero-order valence-electron chi connectivity index (χ0n) is 8.92. The maximum Gasteiger partial charge on any atom is 0.00415 e. The molecule has 3 fully saturated rings. The fourth-order valence-corrected chi connectivity index (χ4v) is 3.54. The van der Waals surface area contributed by atoms with Crippen LogP contribution < -0.4 is 0 Å². The quantitative estimate of drug-likeness (QED) is 0.629. The van der Waals surface area contributed by atoms with E-state index in [1.807, 2.05) is 0 Å². The molecule has 2 saturated carbocycles. The van der Waals surface area contributed by atoms with Crippen molar-refractivity contribution in [2.75, 3.05) is 19.6 Å². The van der Waals surface area contributed by atoms with E-state index in [0.717, 1.165) is 23.2 Å². The lowest BCUT2D eigenvalue weighted by molar-refractivity contribution is 0.177. The molecule has 13 heavy (non-hydrogen) atoms. The van der Waals surface area contributed by atoms with E-state index < -0.39 is 0 Å². The van der Waals surface area contributed by atoms with Gasteiger partial charge in [-0.15, -0.1) is 0 Å². The highest BCUT2D eigenvalue weighted by atomic mass is 15.2. The average Bonchev–Trinajstić information content (AvgIpc) is 2.44. The summed E-state index contributed by atoms with van der Waals surface area (Å²) in [6.45, 7) is 9.15. The van der Waals surface area contributed by atoms with Crippen molar-refractivity contribution >= 4 is 0 Å². The molecule has 1 nitrogen and oxygen atoms in total. The van der Waals surface area contributed by atoms with E-state index in [9.17, 15) is 0 Å². The van der Waals surface area contributed by atoms with Gasteiger partial charge in [-0.05, 0) is 36.0 Å². The van der Waals surface area contributed by atoms with E-state index in [2.05, 4.69) is 18.7 Å². The van der Waals surface area contributed by atoms with Crippen molar-refractivity contribution in [1.29, 1.82) is 0 Å².